The van der Waals surface area contributed by atoms with Crippen LogP contribution in [0, 0.1) is 0 Å². The molecule has 1 fully saturated rings. The second kappa shape index (κ2) is 11.4. The highest BCUT2D eigenvalue weighted by atomic mass is 32.2. The maximum absolute atomic E-state index is 13.3. The Kier molecular flexibility index (Phi) is 8.28. The molecule has 1 amide bonds. The van der Waals surface area contributed by atoms with Crippen molar-refractivity contribution in [3.8, 4) is 5.75 Å². The molecule has 10 nitrogen and oxygen atoms in total. The third-order valence-electron chi connectivity index (χ3n) is 6.52. The van der Waals surface area contributed by atoms with E-state index in [1.807, 2.05) is 30.3 Å². The van der Waals surface area contributed by atoms with Crippen molar-refractivity contribution in [3.05, 3.63) is 66.4 Å². The van der Waals surface area contributed by atoms with Crippen LogP contribution in [0.25, 0.3) is 10.9 Å². The Balaban J connectivity index is 1.51. The van der Waals surface area contributed by atoms with Gasteiger partial charge in [-0.15, -0.1) is 0 Å². The quantitative estimate of drug-likeness (QED) is 0.415. The summed E-state index contributed by atoms with van der Waals surface area (Å²) in [5.41, 5.74) is 1.74. The molecule has 4 rings (SSSR count). The first kappa shape index (κ1) is 26.8. The zero-order chi connectivity index (χ0) is 26.6. The average molecular weight is 528 g/mol. The lowest BCUT2D eigenvalue weighted by atomic mass is 10.0. The van der Waals surface area contributed by atoms with Crippen LogP contribution in [0.4, 0.5) is 5.69 Å². The zero-order valence-corrected chi connectivity index (χ0v) is 22.1. The number of rotatable bonds is 10. The molecule has 2 atom stereocenters. The molecule has 3 aromatic rings. The molecule has 0 saturated carbocycles. The summed E-state index contributed by atoms with van der Waals surface area (Å²) in [5, 5.41) is 10.5. The van der Waals surface area contributed by atoms with Gasteiger partial charge in [0.25, 0.3) is 5.91 Å². The van der Waals surface area contributed by atoms with Crippen molar-refractivity contribution >= 4 is 32.7 Å². The topological polar surface area (TPSA) is 115 Å². The van der Waals surface area contributed by atoms with E-state index in [9.17, 15) is 18.3 Å². The van der Waals surface area contributed by atoms with Crippen molar-refractivity contribution < 1.29 is 23.1 Å². The molecule has 0 bridgehead atoms. The number of hydrogen-bond acceptors (Lipinski definition) is 7. The molecule has 37 heavy (non-hydrogen) atoms. The van der Waals surface area contributed by atoms with Crippen LogP contribution in [0.3, 0.4) is 0 Å². The third-order valence-corrected chi connectivity index (χ3v) is 7.96. The first-order chi connectivity index (χ1) is 17.7. The number of amides is 1. The highest BCUT2D eigenvalue weighted by molar-refractivity contribution is 7.90. The van der Waals surface area contributed by atoms with E-state index in [0.717, 1.165) is 22.8 Å². The second-order valence-corrected chi connectivity index (χ2v) is 11.2. The largest absolute Gasteiger partial charge is 0.483 e. The van der Waals surface area contributed by atoms with E-state index in [-0.39, 0.29) is 24.7 Å². The summed E-state index contributed by atoms with van der Waals surface area (Å²) in [5.74, 6) is 0.222. The average Bonchev–Trinajstić information content (AvgIpc) is 3.31. The molecular weight excluding hydrogens is 494 g/mol. The summed E-state index contributed by atoms with van der Waals surface area (Å²) in [4.78, 5) is 21.4. The lowest BCUT2D eigenvalue weighted by Crippen LogP contribution is -2.40. The maximum atomic E-state index is 13.3. The Labute approximate surface area is 217 Å². The van der Waals surface area contributed by atoms with Crippen molar-refractivity contribution in [2.45, 2.75) is 18.6 Å². The van der Waals surface area contributed by atoms with E-state index in [2.05, 4.69) is 14.6 Å². The standard InChI is InChI=1S/C26H33N5O5S/c1-29(2)37(34,35)28-22-11-12-24(21-10-7-14-27-26(21)22)36-18-25(33)30(3)23(19-8-5-4-6-9-19)17-31-15-13-20(32)16-31/h4-12,14,20,23,28,32H,13,15-18H2,1-3H3/t20-,23?/m0/s1. The number of carbonyl (C=O) groups excluding carboxylic acids is 1. The minimum Gasteiger partial charge on any atom is -0.483 e. The van der Waals surface area contributed by atoms with E-state index in [1.165, 1.54) is 14.1 Å². The van der Waals surface area contributed by atoms with Gasteiger partial charge in [-0.05, 0) is 36.2 Å². The number of carbonyl (C=O) groups is 1. The molecule has 2 heterocycles. The lowest BCUT2D eigenvalue weighted by Gasteiger charge is -2.32. The molecule has 2 aromatic carbocycles. The molecule has 2 N–H and O–H groups in total. The summed E-state index contributed by atoms with van der Waals surface area (Å²) in [7, 11) is 0.912. The number of aliphatic hydroxyl groups excluding tert-OH is 1. The maximum Gasteiger partial charge on any atom is 0.301 e. The Hall–Kier alpha value is -3.25. The summed E-state index contributed by atoms with van der Waals surface area (Å²) in [6.45, 7) is 1.78. The molecular formula is C26H33N5O5S. The number of ether oxygens (including phenoxy) is 1. The minimum absolute atomic E-state index is 0.199. The first-order valence-corrected chi connectivity index (χ1v) is 13.5. The molecule has 0 aliphatic carbocycles. The smallest absolute Gasteiger partial charge is 0.301 e. The Bertz CT molecular complexity index is 1340. The summed E-state index contributed by atoms with van der Waals surface area (Å²) in [6.07, 6.45) is 1.95. The van der Waals surface area contributed by atoms with Gasteiger partial charge in [-0.3, -0.25) is 19.4 Å². The molecule has 1 aliphatic heterocycles. The summed E-state index contributed by atoms with van der Waals surface area (Å²) < 4.78 is 34.2. The van der Waals surface area contributed by atoms with Crippen molar-refractivity contribution in [2.24, 2.45) is 0 Å². The summed E-state index contributed by atoms with van der Waals surface area (Å²) >= 11 is 0. The predicted octanol–water partition coefficient (Wildman–Crippen LogP) is 2.10. The van der Waals surface area contributed by atoms with Gasteiger partial charge in [-0.1, -0.05) is 30.3 Å². The van der Waals surface area contributed by atoms with Gasteiger partial charge in [0.2, 0.25) is 0 Å². The third kappa shape index (κ3) is 6.37. The number of hydrogen-bond donors (Lipinski definition) is 2. The van der Waals surface area contributed by atoms with E-state index < -0.39 is 10.2 Å². The van der Waals surface area contributed by atoms with Crippen LogP contribution in [0.2, 0.25) is 0 Å². The Morgan fingerprint density at radius 1 is 1.16 bits per heavy atom. The van der Waals surface area contributed by atoms with Crippen LogP contribution in [-0.2, 0) is 15.0 Å². The van der Waals surface area contributed by atoms with E-state index in [1.54, 1.807) is 42.4 Å². The number of β-amino-alcohol motifs (C(OH)–C–C–N with tert-alkyl or cyclic N) is 1. The van der Waals surface area contributed by atoms with Crippen LogP contribution in [0.5, 0.6) is 5.75 Å². The number of benzene rings is 2. The molecule has 1 aliphatic rings. The summed E-state index contributed by atoms with van der Waals surface area (Å²) in [6, 6.07) is 16.3. The fourth-order valence-electron chi connectivity index (χ4n) is 4.35. The number of pyridine rings is 1. The zero-order valence-electron chi connectivity index (χ0n) is 21.2. The van der Waals surface area contributed by atoms with E-state index in [4.69, 9.17) is 4.74 Å². The van der Waals surface area contributed by atoms with Gasteiger partial charge in [0.05, 0.1) is 23.3 Å². The van der Waals surface area contributed by atoms with Crippen molar-refractivity contribution in [2.75, 3.05) is 52.1 Å². The highest BCUT2D eigenvalue weighted by Gasteiger charge is 2.28. The molecule has 11 heteroatoms. The fourth-order valence-corrected chi connectivity index (χ4v) is 4.97. The number of fused-ring (bicyclic) bond motifs is 1. The number of aliphatic hydroxyl groups is 1. The van der Waals surface area contributed by atoms with E-state index in [0.29, 0.717) is 35.4 Å². The van der Waals surface area contributed by atoms with Crippen LogP contribution < -0.4 is 9.46 Å². The van der Waals surface area contributed by atoms with Crippen LogP contribution in [0.1, 0.15) is 18.0 Å². The molecule has 0 spiro atoms. The number of nitrogens with zero attached hydrogens (tertiary/aromatic N) is 4. The van der Waals surface area contributed by atoms with Gasteiger partial charge in [-0.2, -0.15) is 12.7 Å². The van der Waals surface area contributed by atoms with Crippen molar-refractivity contribution in [3.63, 3.8) is 0 Å². The van der Waals surface area contributed by atoms with Gasteiger partial charge in [0.1, 0.15) is 5.75 Å². The van der Waals surface area contributed by atoms with Crippen molar-refractivity contribution in [1.29, 1.82) is 0 Å². The fraction of sp³-hybridized carbons (Fsp3) is 0.385. The number of nitrogens with one attached hydrogen (secondary N) is 1. The van der Waals surface area contributed by atoms with Gasteiger partial charge < -0.3 is 14.7 Å². The molecule has 1 aromatic heterocycles. The molecule has 0 radical (unpaired) electrons. The van der Waals surface area contributed by atoms with E-state index >= 15 is 0 Å². The molecule has 198 valence electrons. The van der Waals surface area contributed by atoms with Gasteiger partial charge in [0.15, 0.2) is 6.61 Å². The van der Waals surface area contributed by atoms with Crippen LogP contribution in [-0.4, -0.2) is 92.0 Å². The lowest BCUT2D eigenvalue weighted by molar-refractivity contribution is -0.134. The Morgan fingerprint density at radius 3 is 2.59 bits per heavy atom. The second-order valence-electron chi connectivity index (χ2n) is 9.32. The van der Waals surface area contributed by atoms with Crippen LogP contribution in [0.15, 0.2) is 60.8 Å². The van der Waals surface area contributed by atoms with Gasteiger partial charge in [-0.25, -0.2) is 0 Å². The Morgan fingerprint density at radius 2 is 1.92 bits per heavy atom. The minimum atomic E-state index is -3.72. The number of likely N-dealkylation sites (tertiary alicyclic amines) is 1. The number of anilines is 1. The molecule has 1 unspecified atom stereocenters. The molecule has 1 saturated heterocycles. The van der Waals surface area contributed by atoms with Crippen molar-refractivity contribution in [1.82, 2.24) is 19.1 Å². The van der Waals surface area contributed by atoms with Gasteiger partial charge in [0, 0.05) is 52.4 Å². The monoisotopic (exact) mass is 527 g/mol. The number of likely N-dealkylation sites (N-methyl/N-ethyl adjacent to an activating group) is 1. The number of aromatic nitrogens is 1. The van der Waals surface area contributed by atoms with Gasteiger partial charge >= 0.3 is 10.2 Å². The first-order valence-electron chi connectivity index (χ1n) is 12.1. The SMILES string of the molecule is CN(C(=O)COc1ccc(NS(=O)(=O)N(C)C)c2ncccc12)C(CN1CC[C@H](O)C1)c1ccccc1. The van der Waals surface area contributed by atoms with Crippen LogP contribution >= 0.6 is 0 Å². The normalized spacial score (nSPS) is 17.2. The predicted molar refractivity (Wildman–Crippen MR) is 142 cm³/mol. The highest BCUT2D eigenvalue weighted by Crippen LogP contribution is 2.31.